The van der Waals surface area contributed by atoms with Gasteiger partial charge in [0, 0.05) is 0 Å². The summed E-state index contributed by atoms with van der Waals surface area (Å²) < 4.78 is 38.9. The molecule has 0 bridgehead atoms. The Labute approximate surface area is 118 Å². The van der Waals surface area contributed by atoms with E-state index in [0.717, 1.165) is 0 Å². The minimum atomic E-state index is -4.45. The molecule has 0 unspecified atom stereocenters. The molecule has 0 aliphatic rings. The van der Waals surface area contributed by atoms with Crippen molar-refractivity contribution in [2.45, 2.75) is 0 Å². The Kier molecular flexibility index (Phi) is 125. The Hall–Kier alpha value is 1.06. The molecule has 0 fully saturated rings. The van der Waals surface area contributed by atoms with Crippen molar-refractivity contribution < 1.29 is 55.7 Å². The predicted molar refractivity (Wildman–Crippen MR) is 48.7 cm³/mol. The molecule has 0 aliphatic heterocycles. The summed E-state index contributed by atoms with van der Waals surface area (Å²) in [5, 5.41) is 0. The van der Waals surface area contributed by atoms with Gasteiger partial charge in [0.25, 0.3) is 0 Å². The van der Waals surface area contributed by atoms with Crippen LogP contribution in [0.3, 0.4) is 0 Å². The molecule has 0 heterocycles. The van der Waals surface area contributed by atoms with Crippen LogP contribution in [0.4, 0.5) is 0 Å². The Balaban J connectivity index is -0.00000000500. The van der Waals surface area contributed by atoms with Crippen molar-refractivity contribution in [2.24, 2.45) is 0 Å². The van der Waals surface area contributed by atoms with Gasteiger partial charge >= 0.3 is 83.6 Å². The third kappa shape index (κ3) is 74.2. The molecule has 0 spiro atoms. The molecule has 0 aromatic rings. The van der Waals surface area contributed by atoms with Gasteiger partial charge in [0.2, 0.25) is 0 Å². The van der Waals surface area contributed by atoms with Crippen LogP contribution < -0.4 is 0 Å². The number of hydrogen-bond donors (Lipinski definition) is 1. The van der Waals surface area contributed by atoms with Crippen LogP contribution in [0.1, 0.15) is 2.85 Å². The van der Waals surface area contributed by atoms with E-state index in [1.807, 2.05) is 0 Å². The quantitative estimate of drug-likeness (QED) is 0.382. The van der Waals surface area contributed by atoms with Crippen molar-refractivity contribution in [2.75, 3.05) is 0 Å². The Morgan fingerprint density at radius 3 is 1.21 bits per heavy atom. The summed E-state index contributed by atoms with van der Waals surface area (Å²) in [4.78, 5) is 0. The molecule has 0 rings (SSSR count). The fraction of sp³-hybridized carbons (Fsp3) is 0. The third-order valence-electron chi connectivity index (χ3n) is 0.161. The number of rotatable bonds is 2. The molecule has 0 amide bonds. The summed E-state index contributed by atoms with van der Waals surface area (Å²) in [6.07, 6.45) is 0. The van der Waals surface area contributed by atoms with E-state index in [9.17, 15) is 12.2 Å². The fourth-order valence-electron chi connectivity index (χ4n) is 0.0496. The van der Waals surface area contributed by atoms with Gasteiger partial charge in [-0.2, -0.15) is 0 Å². The van der Waals surface area contributed by atoms with Crippen LogP contribution in [0.15, 0.2) is 0 Å². The first-order valence-corrected chi connectivity index (χ1v) is 3.46. The first-order chi connectivity index (χ1) is 3.06. The minimum absolute atomic E-state index is 0. The van der Waals surface area contributed by atoms with Gasteiger partial charge in [-0.05, 0) is 0 Å². The van der Waals surface area contributed by atoms with Crippen LogP contribution in [0.5, 0.6) is 0 Å². The maximum absolute atomic E-state index is 9.39. The molecule has 92 valence electrons. The Morgan fingerprint density at radius 1 is 1.00 bits per heavy atom. The van der Waals surface area contributed by atoms with E-state index in [2.05, 4.69) is 3.23 Å². The van der Waals surface area contributed by atoms with Crippen LogP contribution in [-0.2, 0) is 17.4 Å². The van der Waals surface area contributed by atoms with Gasteiger partial charge in [0.1, 0.15) is 0 Å². The van der Waals surface area contributed by atoms with E-state index in [1.54, 1.807) is 0 Å². The van der Waals surface area contributed by atoms with E-state index in [0.29, 0.717) is 0 Å². The molecule has 0 aromatic carbocycles. The van der Waals surface area contributed by atoms with Crippen molar-refractivity contribution in [1.82, 2.24) is 0 Å². The second-order valence-corrected chi connectivity index (χ2v) is 2.44. The molecule has 0 saturated carbocycles. The molecule has 0 atom stereocenters. The van der Waals surface area contributed by atoms with Gasteiger partial charge in [0.05, 0.1) is 0 Å². The van der Waals surface area contributed by atoms with Crippen molar-refractivity contribution >= 4 is 63.6 Å². The zero-order valence-corrected chi connectivity index (χ0v) is 11.0. The summed E-state index contributed by atoms with van der Waals surface area (Å²) >= 11 is -1.88. The van der Waals surface area contributed by atoms with E-state index >= 15 is 0 Å². The van der Waals surface area contributed by atoms with E-state index < -0.39 is 25.9 Å². The molecule has 0 aliphatic carbocycles. The maximum atomic E-state index is 9.39. The van der Waals surface area contributed by atoms with Gasteiger partial charge in [0.15, 0.2) is 0 Å². The zero-order chi connectivity index (χ0) is 5.91. The fourth-order valence-corrected chi connectivity index (χ4v) is 0.447. The van der Waals surface area contributed by atoms with Crippen molar-refractivity contribution in [3.05, 3.63) is 0 Å². The molecule has 0 radical (unpaired) electrons. The average molecular weight is 290 g/mol. The molecule has 13 N–H and O–H groups in total. The van der Waals surface area contributed by atoms with E-state index in [4.69, 9.17) is 4.55 Å². The van der Waals surface area contributed by atoms with Crippen molar-refractivity contribution in [3.63, 3.8) is 0 Å². The first-order valence-electron chi connectivity index (χ1n) is 1.15. The topological polar surface area (TPSA) is 270 Å². The van der Waals surface area contributed by atoms with Gasteiger partial charge in [-0.25, -0.2) is 0 Å². The van der Waals surface area contributed by atoms with E-state index in [-0.39, 0.29) is 73.4 Å². The zero-order valence-electron chi connectivity index (χ0n) is 8.77. The molecule has 14 heavy (non-hydrogen) atoms. The predicted octanol–water partition coefficient (Wildman–Crippen LogP) is -6.33. The molecular weight excluding hydrogens is 275 g/mol. The summed E-state index contributed by atoms with van der Waals surface area (Å²) in [5.41, 5.74) is 0. The Morgan fingerprint density at radius 2 is 1.21 bits per heavy atom. The summed E-state index contributed by atoms with van der Waals surface area (Å²) in [6.45, 7) is 0. The molecular formula is H15AlCaO11S. The van der Waals surface area contributed by atoms with Crippen LogP contribution in [0.2, 0.25) is 0 Å². The summed E-state index contributed by atoms with van der Waals surface area (Å²) in [5.74, 6) is 0. The van der Waals surface area contributed by atoms with Crippen LogP contribution >= 0.6 is 0 Å². The molecule has 14 heteroatoms. The normalized spacial score (nSPS) is 4.93. The van der Waals surface area contributed by atoms with Gasteiger partial charge in [-0.15, -0.1) is 0 Å². The summed E-state index contributed by atoms with van der Waals surface area (Å²) in [6, 6.07) is 0. The SMILES string of the molecule is O.O.O.O.O.O.[Ca+2].[H-].[H-].[O]=[Al][O]S(=O)(=O)O. The van der Waals surface area contributed by atoms with Crippen molar-refractivity contribution in [3.8, 4) is 0 Å². The monoisotopic (exact) mass is 290 g/mol. The van der Waals surface area contributed by atoms with Gasteiger partial charge < -0.3 is 35.7 Å². The molecule has 0 aromatic heterocycles. The number of hydrogen-bond acceptors (Lipinski definition) is 4. The van der Waals surface area contributed by atoms with Crippen molar-refractivity contribution in [1.29, 1.82) is 0 Å². The average Bonchev–Trinajstić information content (AvgIpc) is 1.30. The van der Waals surface area contributed by atoms with Gasteiger partial charge in [-0.3, -0.25) is 0 Å². The second-order valence-electron chi connectivity index (χ2n) is 0.620. The first kappa shape index (κ1) is 59.7. The van der Waals surface area contributed by atoms with Crippen LogP contribution in [0, 0.1) is 0 Å². The third-order valence-corrected chi connectivity index (χ3v) is 1.45. The van der Waals surface area contributed by atoms with Crippen LogP contribution in [-0.4, -0.2) is 99.1 Å². The molecule has 0 saturated heterocycles. The Bertz CT molecular complexity index is 157. The summed E-state index contributed by atoms with van der Waals surface area (Å²) in [7, 11) is -4.45. The van der Waals surface area contributed by atoms with E-state index in [1.165, 1.54) is 0 Å². The van der Waals surface area contributed by atoms with Gasteiger partial charge in [-0.1, -0.05) is 0 Å². The second kappa shape index (κ2) is 29.2. The molecule has 11 nitrogen and oxygen atoms in total. The van der Waals surface area contributed by atoms with Crippen LogP contribution in [0.25, 0.3) is 0 Å². The standard InChI is InChI=1S/Al.Ca.H2O4S.6H2O.O.2H/c;;1-5(2,3)4;;;;;;;;;/h;;(H2,1,2,3,4);6*1H2;;;/q+1;+2;;;;;;;;;2*-1/p-1.